The van der Waals surface area contributed by atoms with Gasteiger partial charge in [-0.05, 0) is 36.1 Å². The minimum absolute atomic E-state index is 0.0134. The summed E-state index contributed by atoms with van der Waals surface area (Å²) in [7, 11) is 1.41. The molecule has 2 amide bonds. The fraction of sp³-hybridized carbons (Fsp3) is 0.346. The van der Waals surface area contributed by atoms with Gasteiger partial charge in [0.25, 0.3) is 5.91 Å². The van der Waals surface area contributed by atoms with Crippen molar-refractivity contribution in [2.24, 2.45) is 5.92 Å². The van der Waals surface area contributed by atoms with Crippen LogP contribution in [0.3, 0.4) is 0 Å². The van der Waals surface area contributed by atoms with E-state index in [4.69, 9.17) is 4.74 Å². The highest BCUT2D eigenvalue weighted by atomic mass is 19.1. The second-order valence-corrected chi connectivity index (χ2v) is 8.62. The molecule has 8 nitrogen and oxygen atoms in total. The topological polar surface area (TPSA) is 105 Å². The van der Waals surface area contributed by atoms with E-state index >= 15 is 0 Å². The molecule has 0 bridgehead atoms. The fourth-order valence-corrected chi connectivity index (χ4v) is 3.74. The molecular formula is C26H31FN4O4. The monoisotopic (exact) mass is 482 g/mol. The first-order valence-corrected chi connectivity index (χ1v) is 11.4. The van der Waals surface area contributed by atoms with Crippen LogP contribution in [0, 0.1) is 18.7 Å². The Hall–Kier alpha value is -3.72. The molecule has 186 valence electrons. The predicted octanol–water partition coefficient (Wildman–Crippen LogP) is 3.32. The molecule has 2 aromatic carbocycles. The molecule has 35 heavy (non-hydrogen) atoms. The van der Waals surface area contributed by atoms with Gasteiger partial charge in [-0.15, -0.1) is 0 Å². The predicted molar refractivity (Wildman–Crippen MR) is 130 cm³/mol. The smallest absolute Gasteiger partial charge is 0.272 e. The fourth-order valence-electron chi connectivity index (χ4n) is 3.74. The van der Waals surface area contributed by atoms with Gasteiger partial charge >= 0.3 is 0 Å². The van der Waals surface area contributed by atoms with Gasteiger partial charge in [-0.3, -0.25) is 9.59 Å². The molecule has 0 aliphatic carbocycles. The van der Waals surface area contributed by atoms with E-state index in [-0.39, 0.29) is 42.1 Å². The molecule has 0 unspecified atom stereocenters. The number of hydrogen-bond donors (Lipinski definition) is 3. The number of carbonyl (C=O) groups is 2. The Bertz CT molecular complexity index is 1180. The van der Waals surface area contributed by atoms with E-state index in [1.165, 1.54) is 30.0 Å². The highest BCUT2D eigenvalue weighted by molar-refractivity contribution is 5.93. The highest BCUT2D eigenvalue weighted by Crippen LogP contribution is 2.24. The van der Waals surface area contributed by atoms with Gasteiger partial charge in [0.15, 0.2) is 5.69 Å². The van der Waals surface area contributed by atoms with Crippen molar-refractivity contribution in [2.45, 2.75) is 39.3 Å². The zero-order valence-corrected chi connectivity index (χ0v) is 20.3. The summed E-state index contributed by atoms with van der Waals surface area (Å²) in [5.41, 5.74) is 1.84. The van der Waals surface area contributed by atoms with Gasteiger partial charge in [0.05, 0.1) is 32.2 Å². The quantitative estimate of drug-likeness (QED) is 0.411. The van der Waals surface area contributed by atoms with Crippen molar-refractivity contribution in [2.75, 3.05) is 13.7 Å². The maximum atomic E-state index is 14.3. The number of aryl methyl sites for hydroxylation is 1. The summed E-state index contributed by atoms with van der Waals surface area (Å²) in [6, 6.07) is 13.8. The van der Waals surface area contributed by atoms with Crippen LogP contribution < -0.4 is 15.4 Å². The molecule has 0 aliphatic heterocycles. The van der Waals surface area contributed by atoms with E-state index in [1.54, 1.807) is 12.1 Å². The van der Waals surface area contributed by atoms with Crippen LogP contribution >= 0.6 is 0 Å². The Morgan fingerprint density at radius 3 is 2.43 bits per heavy atom. The molecular weight excluding hydrogens is 451 g/mol. The third-order valence-corrected chi connectivity index (χ3v) is 5.81. The third kappa shape index (κ3) is 6.24. The van der Waals surface area contributed by atoms with E-state index in [9.17, 15) is 19.1 Å². The Morgan fingerprint density at radius 1 is 1.11 bits per heavy atom. The number of nitrogens with one attached hydrogen (secondary N) is 2. The van der Waals surface area contributed by atoms with E-state index in [0.29, 0.717) is 0 Å². The lowest BCUT2D eigenvalue weighted by Gasteiger charge is -2.24. The average molecular weight is 483 g/mol. The summed E-state index contributed by atoms with van der Waals surface area (Å²) < 4.78 is 20.9. The Labute approximate surface area is 204 Å². The zero-order chi connectivity index (χ0) is 25.5. The number of rotatable bonds is 10. The van der Waals surface area contributed by atoms with Crippen molar-refractivity contribution in [1.29, 1.82) is 0 Å². The highest BCUT2D eigenvalue weighted by Gasteiger charge is 2.25. The maximum absolute atomic E-state index is 14.3. The minimum atomic E-state index is -0.653. The van der Waals surface area contributed by atoms with Crippen LogP contribution in [0.15, 0.2) is 54.6 Å². The molecule has 0 fully saturated rings. The number of benzene rings is 2. The van der Waals surface area contributed by atoms with Crippen molar-refractivity contribution < 1.29 is 23.8 Å². The minimum Gasteiger partial charge on any atom is -0.481 e. The molecule has 0 radical (unpaired) electrons. The third-order valence-electron chi connectivity index (χ3n) is 5.81. The van der Waals surface area contributed by atoms with Gasteiger partial charge in [0, 0.05) is 6.07 Å². The SMILES string of the molecule is COc1cc(C(=O)N[C@@H](CC(=O)N[C@H](CO)C(C)C)c2ccccc2C)nn1-c1ccccc1F. The molecule has 0 saturated carbocycles. The summed E-state index contributed by atoms with van der Waals surface area (Å²) >= 11 is 0. The van der Waals surface area contributed by atoms with Crippen LogP contribution in [0.25, 0.3) is 5.69 Å². The summed E-state index contributed by atoms with van der Waals surface area (Å²) in [5.74, 6) is -1.12. The number of halogens is 1. The molecule has 3 rings (SSSR count). The average Bonchev–Trinajstić information content (AvgIpc) is 3.27. The van der Waals surface area contributed by atoms with Crippen LogP contribution in [0.4, 0.5) is 4.39 Å². The first-order chi connectivity index (χ1) is 16.7. The Morgan fingerprint density at radius 2 is 1.80 bits per heavy atom. The Balaban J connectivity index is 1.88. The first-order valence-electron chi connectivity index (χ1n) is 11.4. The molecule has 0 spiro atoms. The number of aliphatic hydroxyl groups excluding tert-OH is 1. The van der Waals surface area contributed by atoms with Gasteiger partial charge in [0.2, 0.25) is 11.8 Å². The van der Waals surface area contributed by atoms with Crippen molar-refractivity contribution in [3.63, 3.8) is 0 Å². The number of nitrogens with zero attached hydrogens (tertiary/aromatic N) is 2. The van der Waals surface area contributed by atoms with Crippen molar-refractivity contribution in [3.05, 3.63) is 77.2 Å². The summed E-state index contributed by atoms with van der Waals surface area (Å²) in [4.78, 5) is 26.0. The first kappa shape index (κ1) is 25.9. The van der Waals surface area contributed by atoms with Gasteiger partial charge in [-0.2, -0.15) is 9.78 Å². The Kier molecular flexibility index (Phi) is 8.59. The molecule has 1 aromatic heterocycles. The van der Waals surface area contributed by atoms with Crippen LogP contribution in [0.2, 0.25) is 0 Å². The number of ether oxygens (including phenoxy) is 1. The zero-order valence-electron chi connectivity index (χ0n) is 20.3. The van der Waals surface area contributed by atoms with Crippen LogP contribution in [0.5, 0.6) is 5.88 Å². The molecule has 0 aliphatic rings. The summed E-state index contributed by atoms with van der Waals surface area (Å²) in [6.07, 6.45) is -0.0367. The normalized spacial score (nSPS) is 12.8. The molecule has 9 heteroatoms. The molecule has 3 aromatic rings. The van der Waals surface area contributed by atoms with Crippen molar-refractivity contribution >= 4 is 11.8 Å². The molecule has 1 heterocycles. The second kappa shape index (κ2) is 11.6. The van der Waals surface area contributed by atoms with Gasteiger partial charge in [-0.1, -0.05) is 50.2 Å². The standard InChI is InChI=1S/C26H31FN4O4/c1-16(2)22(15-32)28-24(33)13-20(18-10-6-5-9-17(18)3)29-26(34)21-14-25(35-4)31(30-21)23-12-8-7-11-19(23)27/h5-12,14,16,20,22,32H,13,15H2,1-4H3,(H,28,33)(H,29,34)/t20-,22+/m0/s1. The number of carbonyl (C=O) groups excluding carboxylic acids is 2. The number of aliphatic hydroxyl groups is 1. The number of aromatic nitrogens is 2. The lowest BCUT2D eigenvalue weighted by atomic mass is 9.97. The lowest BCUT2D eigenvalue weighted by molar-refractivity contribution is -0.122. The summed E-state index contributed by atoms with van der Waals surface area (Å²) in [6.45, 7) is 5.52. The number of amides is 2. The van der Waals surface area contributed by atoms with Gasteiger partial charge in [0.1, 0.15) is 11.5 Å². The summed E-state index contributed by atoms with van der Waals surface area (Å²) in [5, 5.41) is 19.5. The van der Waals surface area contributed by atoms with Crippen LogP contribution in [-0.4, -0.2) is 46.5 Å². The van der Waals surface area contributed by atoms with Crippen molar-refractivity contribution in [1.82, 2.24) is 20.4 Å². The number of para-hydroxylation sites is 1. The van der Waals surface area contributed by atoms with E-state index < -0.39 is 23.8 Å². The van der Waals surface area contributed by atoms with Gasteiger partial charge in [-0.25, -0.2) is 4.39 Å². The van der Waals surface area contributed by atoms with Crippen molar-refractivity contribution in [3.8, 4) is 11.6 Å². The van der Waals surface area contributed by atoms with Crippen LogP contribution in [0.1, 0.15) is 47.9 Å². The molecule has 3 N–H and O–H groups in total. The largest absolute Gasteiger partial charge is 0.481 e. The number of methoxy groups -OCH3 is 1. The molecule has 0 saturated heterocycles. The van der Waals surface area contributed by atoms with E-state index in [0.717, 1.165) is 11.1 Å². The van der Waals surface area contributed by atoms with Crippen LogP contribution in [-0.2, 0) is 4.79 Å². The lowest BCUT2D eigenvalue weighted by Crippen LogP contribution is -2.43. The molecule has 2 atom stereocenters. The van der Waals surface area contributed by atoms with Gasteiger partial charge < -0.3 is 20.5 Å². The van der Waals surface area contributed by atoms with E-state index in [2.05, 4.69) is 15.7 Å². The second-order valence-electron chi connectivity index (χ2n) is 8.62. The maximum Gasteiger partial charge on any atom is 0.272 e. The van der Waals surface area contributed by atoms with E-state index in [1.807, 2.05) is 45.0 Å². The number of hydrogen-bond acceptors (Lipinski definition) is 5.